The van der Waals surface area contributed by atoms with Gasteiger partial charge in [0.1, 0.15) is 61.1 Å². The quantitative estimate of drug-likeness (QED) is 0.0591. The van der Waals surface area contributed by atoms with Crippen LogP contribution in [0.25, 0.3) is 0 Å². The van der Waals surface area contributed by atoms with E-state index in [0.717, 1.165) is 30.4 Å². The second kappa shape index (κ2) is 18.1. The first kappa shape index (κ1) is 38.5. The summed E-state index contributed by atoms with van der Waals surface area (Å²) in [6.07, 6.45) is 1.56. The standard InChI is InChI=1S/C37H30F2O12S/c1-3-34(40)48-19-17-46-27-6-5-24(32(38)22-27)21-36(42)50-25-7-12-29(13-8-25)52(44,45)30-14-9-26(10-15-30)51-37(43)31-16-11-28(23-33(31)39)47-18-20-49-35(41)4-2/h3-16,22-23H,1-2,17-21H2. The zero-order chi connectivity index (χ0) is 37.7. The van der Waals surface area contributed by atoms with Crippen molar-refractivity contribution in [2.75, 3.05) is 26.4 Å². The summed E-state index contributed by atoms with van der Waals surface area (Å²) in [7, 11) is -4.06. The minimum atomic E-state index is -4.06. The van der Waals surface area contributed by atoms with Crippen LogP contribution in [0, 0.1) is 11.6 Å². The molecule has 0 saturated carbocycles. The lowest BCUT2D eigenvalue weighted by atomic mass is 10.1. The van der Waals surface area contributed by atoms with E-state index in [4.69, 9.17) is 28.4 Å². The third-order valence-electron chi connectivity index (χ3n) is 6.76. The molecule has 0 aliphatic rings. The third-order valence-corrected chi connectivity index (χ3v) is 8.54. The maximum absolute atomic E-state index is 14.6. The number of esters is 4. The number of hydrogen-bond acceptors (Lipinski definition) is 12. The molecule has 0 spiro atoms. The molecule has 15 heteroatoms. The molecule has 0 atom stereocenters. The summed E-state index contributed by atoms with van der Waals surface area (Å²) in [4.78, 5) is 46.8. The zero-order valence-electron chi connectivity index (χ0n) is 27.3. The van der Waals surface area contributed by atoms with Gasteiger partial charge < -0.3 is 28.4 Å². The fourth-order valence-electron chi connectivity index (χ4n) is 4.23. The highest BCUT2D eigenvalue weighted by Gasteiger charge is 2.20. The van der Waals surface area contributed by atoms with Gasteiger partial charge in [0.05, 0.1) is 21.8 Å². The van der Waals surface area contributed by atoms with Gasteiger partial charge in [-0.15, -0.1) is 0 Å². The van der Waals surface area contributed by atoms with Gasteiger partial charge in [-0.3, -0.25) is 4.79 Å². The third kappa shape index (κ3) is 10.8. The Morgan fingerprint density at radius 1 is 0.596 bits per heavy atom. The maximum Gasteiger partial charge on any atom is 0.346 e. The molecule has 0 fully saturated rings. The molecular formula is C37H30F2O12S. The molecule has 0 heterocycles. The Morgan fingerprint density at radius 2 is 1.06 bits per heavy atom. The van der Waals surface area contributed by atoms with Crippen LogP contribution in [0.2, 0.25) is 0 Å². The van der Waals surface area contributed by atoms with E-state index in [1.807, 2.05) is 0 Å². The molecule has 0 aliphatic heterocycles. The van der Waals surface area contributed by atoms with E-state index in [-0.39, 0.29) is 64.8 Å². The molecule has 0 aromatic heterocycles. The van der Waals surface area contributed by atoms with E-state index in [9.17, 15) is 36.4 Å². The lowest BCUT2D eigenvalue weighted by molar-refractivity contribution is -0.139. The zero-order valence-corrected chi connectivity index (χ0v) is 28.1. The summed E-state index contributed by atoms with van der Waals surface area (Å²) in [6, 6.07) is 17.1. The van der Waals surface area contributed by atoms with Crippen molar-refractivity contribution in [1.29, 1.82) is 0 Å². The van der Waals surface area contributed by atoms with Crippen LogP contribution in [0.5, 0.6) is 23.0 Å². The molecule has 4 rings (SSSR count). The Kier molecular flexibility index (Phi) is 13.3. The van der Waals surface area contributed by atoms with Crippen molar-refractivity contribution in [2.45, 2.75) is 16.2 Å². The van der Waals surface area contributed by atoms with Gasteiger partial charge in [-0.05, 0) is 72.3 Å². The van der Waals surface area contributed by atoms with Crippen LogP contribution in [0.4, 0.5) is 8.78 Å². The van der Waals surface area contributed by atoms with Gasteiger partial charge in [-0.2, -0.15) is 0 Å². The molecule has 4 aromatic carbocycles. The molecule has 4 aromatic rings. The summed E-state index contributed by atoms with van der Waals surface area (Å²) in [5, 5.41) is 0. The van der Waals surface area contributed by atoms with Gasteiger partial charge in [0.15, 0.2) is 0 Å². The fourth-order valence-corrected chi connectivity index (χ4v) is 5.49. The number of halogens is 2. The van der Waals surface area contributed by atoms with Gasteiger partial charge in [0.2, 0.25) is 9.84 Å². The highest BCUT2D eigenvalue weighted by Crippen LogP contribution is 2.26. The van der Waals surface area contributed by atoms with Crippen molar-refractivity contribution in [3.05, 3.63) is 133 Å². The summed E-state index contributed by atoms with van der Waals surface area (Å²) in [6.45, 7) is 6.28. The largest absolute Gasteiger partial charge is 0.490 e. The van der Waals surface area contributed by atoms with Gasteiger partial charge in [0, 0.05) is 24.3 Å². The van der Waals surface area contributed by atoms with Crippen molar-refractivity contribution in [1.82, 2.24) is 0 Å². The lowest BCUT2D eigenvalue weighted by Gasteiger charge is -2.10. The number of benzene rings is 4. The minimum Gasteiger partial charge on any atom is -0.490 e. The average Bonchev–Trinajstić information content (AvgIpc) is 3.13. The Morgan fingerprint density at radius 3 is 1.54 bits per heavy atom. The first-order valence-corrected chi connectivity index (χ1v) is 16.7. The second-order valence-corrected chi connectivity index (χ2v) is 12.3. The number of ether oxygens (including phenoxy) is 6. The van der Waals surface area contributed by atoms with Crippen molar-refractivity contribution in [2.24, 2.45) is 0 Å². The molecule has 0 aliphatic carbocycles. The van der Waals surface area contributed by atoms with Crippen LogP contribution in [0.15, 0.2) is 120 Å². The topological polar surface area (TPSA) is 158 Å². The lowest BCUT2D eigenvalue weighted by Crippen LogP contribution is -2.13. The Labute approximate surface area is 296 Å². The number of carbonyl (C=O) groups excluding carboxylic acids is 4. The van der Waals surface area contributed by atoms with Crippen molar-refractivity contribution < 1.29 is 64.8 Å². The van der Waals surface area contributed by atoms with Gasteiger partial charge >= 0.3 is 23.9 Å². The van der Waals surface area contributed by atoms with E-state index < -0.39 is 57.3 Å². The monoisotopic (exact) mass is 736 g/mol. The van der Waals surface area contributed by atoms with Crippen LogP contribution < -0.4 is 18.9 Å². The summed E-state index contributed by atoms with van der Waals surface area (Å²) >= 11 is 0. The molecule has 0 bridgehead atoms. The Bertz CT molecular complexity index is 2060. The van der Waals surface area contributed by atoms with E-state index in [2.05, 4.69) is 13.2 Å². The van der Waals surface area contributed by atoms with Gasteiger partial charge in [0.25, 0.3) is 0 Å². The first-order valence-electron chi connectivity index (χ1n) is 15.2. The van der Waals surface area contributed by atoms with E-state index in [1.54, 1.807) is 0 Å². The fraction of sp³-hybridized carbons (Fsp3) is 0.135. The number of carbonyl (C=O) groups is 4. The van der Waals surface area contributed by atoms with Crippen LogP contribution in [0.1, 0.15) is 15.9 Å². The van der Waals surface area contributed by atoms with Crippen LogP contribution >= 0.6 is 0 Å². The molecule has 0 saturated heterocycles. The van der Waals surface area contributed by atoms with Crippen molar-refractivity contribution >= 4 is 33.7 Å². The molecule has 0 amide bonds. The SMILES string of the molecule is C=CC(=O)OCCOc1ccc(CC(=O)Oc2ccc(S(=O)(=O)c3ccc(OC(=O)c4ccc(OCCOC(=O)C=C)cc4F)cc3)cc2)c(F)c1. The second-order valence-electron chi connectivity index (χ2n) is 10.3. The smallest absolute Gasteiger partial charge is 0.346 e. The van der Waals surface area contributed by atoms with E-state index in [0.29, 0.717) is 0 Å². The summed E-state index contributed by atoms with van der Waals surface area (Å²) in [5.41, 5.74) is -0.378. The van der Waals surface area contributed by atoms with Crippen molar-refractivity contribution in [3.8, 4) is 23.0 Å². The Hall–Kier alpha value is -6.35. The van der Waals surface area contributed by atoms with Crippen molar-refractivity contribution in [3.63, 3.8) is 0 Å². The van der Waals surface area contributed by atoms with Gasteiger partial charge in [-0.25, -0.2) is 31.6 Å². The Balaban J connectivity index is 1.29. The predicted octanol–water partition coefficient (Wildman–Crippen LogP) is 5.38. The van der Waals surface area contributed by atoms with Crippen LogP contribution in [-0.2, 0) is 40.1 Å². The molecule has 0 unspecified atom stereocenters. The summed E-state index contributed by atoms with van der Waals surface area (Å²) in [5.74, 6) is -4.57. The van der Waals surface area contributed by atoms with Crippen LogP contribution in [0.3, 0.4) is 0 Å². The molecule has 12 nitrogen and oxygen atoms in total. The first-order chi connectivity index (χ1) is 24.9. The number of hydrogen-bond donors (Lipinski definition) is 0. The molecule has 52 heavy (non-hydrogen) atoms. The number of rotatable bonds is 17. The normalized spacial score (nSPS) is 10.7. The molecule has 0 radical (unpaired) electrons. The average molecular weight is 737 g/mol. The molecule has 0 N–H and O–H groups in total. The highest BCUT2D eigenvalue weighted by atomic mass is 32.2. The maximum atomic E-state index is 14.6. The number of sulfone groups is 1. The van der Waals surface area contributed by atoms with E-state index >= 15 is 0 Å². The van der Waals surface area contributed by atoms with Crippen LogP contribution in [-0.4, -0.2) is 58.7 Å². The predicted molar refractivity (Wildman–Crippen MR) is 179 cm³/mol. The highest BCUT2D eigenvalue weighted by molar-refractivity contribution is 7.91. The minimum absolute atomic E-state index is 0.0153. The van der Waals surface area contributed by atoms with E-state index in [1.165, 1.54) is 66.7 Å². The summed E-state index contributed by atoms with van der Waals surface area (Å²) < 4.78 is 86.0. The van der Waals surface area contributed by atoms with Gasteiger partial charge in [-0.1, -0.05) is 19.2 Å². The molecule has 270 valence electrons. The molecular weight excluding hydrogens is 706 g/mol.